The van der Waals surface area contributed by atoms with Crippen LogP contribution in [0.3, 0.4) is 0 Å². The molecule has 0 aliphatic heterocycles. The molecule has 35 heavy (non-hydrogen) atoms. The van der Waals surface area contributed by atoms with Crippen molar-refractivity contribution < 1.29 is 42.7 Å². The number of carbonyl (C=O) groups excluding carboxylic acids is 2. The van der Waals surface area contributed by atoms with E-state index in [2.05, 4.69) is 0 Å². The summed E-state index contributed by atoms with van der Waals surface area (Å²) < 4.78 is 39.2. The Morgan fingerprint density at radius 1 is 0.571 bits per heavy atom. The Hall–Kier alpha value is -1.26. The quantitative estimate of drug-likeness (QED) is 0.255. The molecule has 0 radical (unpaired) electrons. The molecular weight excluding hydrogens is 456 g/mol. The molecule has 0 saturated carbocycles. The number of esters is 2. The Balaban J connectivity index is 4.40. The fraction of sp³-hybridized carbons (Fsp3) is 0.923. The second-order valence-electron chi connectivity index (χ2n) is 10.6. The van der Waals surface area contributed by atoms with Gasteiger partial charge in [0, 0.05) is 0 Å². The van der Waals surface area contributed by atoms with Gasteiger partial charge in [-0.3, -0.25) is 0 Å². The van der Waals surface area contributed by atoms with Gasteiger partial charge in [-0.15, -0.1) is 0 Å². The van der Waals surface area contributed by atoms with E-state index in [-0.39, 0.29) is 63.1 Å². The van der Waals surface area contributed by atoms with Crippen LogP contribution in [-0.2, 0) is 42.7 Å². The van der Waals surface area contributed by atoms with E-state index in [0.29, 0.717) is 0 Å². The van der Waals surface area contributed by atoms with Gasteiger partial charge in [-0.2, -0.15) is 0 Å². The summed E-state index contributed by atoms with van der Waals surface area (Å²) in [5.41, 5.74) is -2.26. The van der Waals surface area contributed by atoms with Gasteiger partial charge in [-0.25, -0.2) is 9.59 Å². The van der Waals surface area contributed by atoms with Crippen molar-refractivity contribution in [3.05, 3.63) is 0 Å². The second kappa shape index (κ2) is 15.8. The summed E-state index contributed by atoms with van der Waals surface area (Å²) in [5.74, 6) is -0.928. The first-order valence-electron chi connectivity index (χ1n) is 12.5. The van der Waals surface area contributed by atoms with Crippen LogP contribution in [-0.4, -0.2) is 86.2 Å². The molecular formula is C26H50O9. The van der Waals surface area contributed by atoms with Gasteiger partial charge >= 0.3 is 11.9 Å². The number of rotatable bonds is 18. The molecule has 0 spiro atoms. The Bertz CT molecular complexity index is 616. The fourth-order valence-corrected chi connectivity index (χ4v) is 3.06. The average molecular weight is 507 g/mol. The SMILES string of the molecule is CC(C)OC(C)COC(=O)C(C)(C)OCC(C)OCC(C)OC(C)(C)C(=O)OCC(C)OC(C)C. The Kier molecular flexibility index (Phi) is 15.2. The summed E-state index contributed by atoms with van der Waals surface area (Å²) in [5, 5.41) is 0. The molecule has 0 aromatic carbocycles. The third-order valence-electron chi connectivity index (χ3n) is 4.68. The molecule has 0 bridgehead atoms. The van der Waals surface area contributed by atoms with Gasteiger partial charge in [0.25, 0.3) is 0 Å². The van der Waals surface area contributed by atoms with E-state index in [4.69, 9.17) is 33.2 Å². The van der Waals surface area contributed by atoms with Crippen molar-refractivity contribution in [3.63, 3.8) is 0 Å². The molecule has 0 aromatic heterocycles. The fourth-order valence-electron chi connectivity index (χ4n) is 3.06. The summed E-state index contributed by atoms with van der Waals surface area (Å²) in [6, 6.07) is 0. The molecule has 0 N–H and O–H groups in total. The second-order valence-corrected chi connectivity index (χ2v) is 10.6. The number of ether oxygens (including phenoxy) is 7. The Labute approximate surface area is 212 Å². The maximum Gasteiger partial charge on any atom is 0.337 e. The average Bonchev–Trinajstić information content (AvgIpc) is 2.71. The lowest BCUT2D eigenvalue weighted by Gasteiger charge is -2.29. The van der Waals surface area contributed by atoms with Gasteiger partial charge in [0.2, 0.25) is 0 Å². The van der Waals surface area contributed by atoms with Crippen LogP contribution in [0.25, 0.3) is 0 Å². The summed E-state index contributed by atoms with van der Waals surface area (Å²) in [7, 11) is 0. The number of hydrogen-bond acceptors (Lipinski definition) is 9. The molecule has 0 aliphatic carbocycles. The molecule has 0 saturated heterocycles. The van der Waals surface area contributed by atoms with Crippen LogP contribution in [0.15, 0.2) is 0 Å². The zero-order valence-electron chi connectivity index (χ0n) is 24.0. The van der Waals surface area contributed by atoms with Crippen molar-refractivity contribution in [2.24, 2.45) is 0 Å². The molecule has 9 nitrogen and oxygen atoms in total. The molecule has 0 heterocycles. The minimum atomic E-state index is -1.14. The first-order valence-corrected chi connectivity index (χ1v) is 12.5. The van der Waals surface area contributed by atoms with Crippen molar-refractivity contribution in [1.29, 1.82) is 0 Å². The molecule has 0 amide bonds. The van der Waals surface area contributed by atoms with Crippen LogP contribution >= 0.6 is 0 Å². The Morgan fingerprint density at radius 2 is 1.00 bits per heavy atom. The largest absolute Gasteiger partial charge is 0.461 e. The first kappa shape index (κ1) is 33.7. The maximum atomic E-state index is 12.4. The normalized spacial score (nSPS) is 16.2. The molecule has 0 aliphatic rings. The number of hydrogen-bond donors (Lipinski definition) is 0. The van der Waals surface area contributed by atoms with Gasteiger partial charge in [0.05, 0.1) is 49.8 Å². The molecule has 208 valence electrons. The van der Waals surface area contributed by atoms with Gasteiger partial charge < -0.3 is 33.2 Å². The number of carbonyl (C=O) groups is 2. The molecule has 0 aromatic rings. The van der Waals surface area contributed by atoms with Crippen molar-refractivity contribution in [1.82, 2.24) is 0 Å². The zero-order chi connectivity index (χ0) is 27.4. The van der Waals surface area contributed by atoms with Crippen LogP contribution in [0, 0.1) is 0 Å². The summed E-state index contributed by atoms with van der Waals surface area (Å²) in [4.78, 5) is 24.8. The lowest BCUT2D eigenvalue weighted by atomic mass is 10.1. The van der Waals surface area contributed by atoms with Gasteiger partial charge in [0.1, 0.15) is 13.2 Å². The minimum absolute atomic E-state index is 0.0559. The highest BCUT2D eigenvalue weighted by Gasteiger charge is 2.34. The van der Waals surface area contributed by atoms with Crippen LogP contribution in [0.5, 0.6) is 0 Å². The predicted octanol–water partition coefficient (Wildman–Crippen LogP) is 4.08. The molecule has 4 atom stereocenters. The van der Waals surface area contributed by atoms with E-state index in [1.807, 2.05) is 55.4 Å². The van der Waals surface area contributed by atoms with Crippen LogP contribution in [0.2, 0.25) is 0 Å². The summed E-state index contributed by atoms with van der Waals surface area (Å²) in [6.45, 7) is 22.4. The molecule has 0 rings (SSSR count). The smallest absolute Gasteiger partial charge is 0.337 e. The zero-order valence-corrected chi connectivity index (χ0v) is 24.0. The highest BCUT2D eigenvalue weighted by Crippen LogP contribution is 2.17. The third-order valence-corrected chi connectivity index (χ3v) is 4.68. The van der Waals surface area contributed by atoms with Gasteiger partial charge in [-0.05, 0) is 83.1 Å². The monoisotopic (exact) mass is 506 g/mol. The molecule has 0 fully saturated rings. The molecule has 4 unspecified atom stereocenters. The maximum absolute atomic E-state index is 12.4. The van der Waals surface area contributed by atoms with E-state index in [0.717, 1.165) is 0 Å². The van der Waals surface area contributed by atoms with E-state index >= 15 is 0 Å². The summed E-state index contributed by atoms with van der Waals surface area (Å²) >= 11 is 0. The van der Waals surface area contributed by atoms with Crippen LogP contribution < -0.4 is 0 Å². The molecule has 9 heteroatoms. The summed E-state index contributed by atoms with van der Waals surface area (Å²) in [6.07, 6.45) is -0.960. The van der Waals surface area contributed by atoms with Crippen molar-refractivity contribution in [2.75, 3.05) is 26.4 Å². The van der Waals surface area contributed by atoms with Crippen LogP contribution in [0.4, 0.5) is 0 Å². The predicted molar refractivity (Wildman–Crippen MR) is 133 cm³/mol. The van der Waals surface area contributed by atoms with Gasteiger partial charge in [-0.1, -0.05) is 0 Å². The lowest BCUT2D eigenvalue weighted by molar-refractivity contribution is -0.184. The van der Waals surface area contributed by atoms with Crippen molar-refractivity contribution >= 4 is 11.9 Å². The highest BCUT2D eigenvalue weighted by atomic mass is 16.6. The van der Waals surface area contributed by atoms with Crippen LogP contribution in [0.1, 0.15) is 83.1 Å². The Morgan fingerprint density at radius 3 is 1.43 bits per heavy atom. The lowest BCUT2D eigenvalue weighted by Crippen LogP contribution is -2.42. The van der Waals surface area contributed by atoms with E-state index < -0.39 is 23.1 Å². The van der Waals surface area contributed by atoms with E-state index in [1.54, 1.807) is 27.7 Å². The minimum Gasteiger partial charge on any atom is -0.461 e. The van der Waals surface area contributed by atoms with Crippen molar-refractivity contribution in [2.45, 2.75) is 131 Å². The van der Waals surface area contributed by atoms with Gasteiger partial charge in [0.15, 0.2) is 11.2 Å². The first-order chi connectivity index (χ1) is 16.0. The van der Waals surface area contributed by atoms with Crippen molar-refractivity contribution in [3.8, 4) is 0 Å². The topological polar surface area (TPSA) is 98.8 Å². The van der Waals surface area contributed by atoms with E-state index in [9.17, 15) is 9.59 Å². The standard InChI is InChI=1S/C26H50O9/c1-17(2)33-20(6)13-30-23(27)25(9,10)32-16-19(5)29-15-22(8)35-26(11,12)24(28)31-14-21(7)34-18(3)4/h17-22H,13-16H2,1-12H3. The highest BCUT2D eigenvalue weighted by molar-refractivity contribution is 5.79. The third kappa shape index (κ3) is 15.5. The van der Waals surface area contributed by atoms with E-state index in [1.165, 1.54) is 0 Å².